The lowest BCUT2D eigenvalue weighted by Gasteiger charge is -2.18. The fourth-order valence-corrected chi connectivity index (χ4v) is 8.14. The van der Waals surface area contributed by atoms with Gasteiger partial charge in [0.05, 0.1) is 0 Å². The number of hydrogen-bond acceptors (Lipinski definition) is 6. The highest BCUT2D eigenvalue weighted by molar-refractivity contribution is 5.71. The molecule has 0 unspecified atom stereocenters. The summed E-state index contributed by atoms with van der Waals surface area (Å²) in [5.74, 6) is -0.858. The number of rotatable bonds is 50. The van der Waals surface area contributed by atoms with Crippen LogP contribution in [0.3, 0.4) is 0 Å². The summed E-state index contributed by atoms with van der Waals surface area (Å²) < 4.78 is 16.8. The first-order valence-electron chi connectivity index (χ1n) is 27.2. The third-order valence-electron chi connectivity index (χ3n) is 12.3. The number of esters is 3. The van der Waals surface area contributed by atoms with E-state index in [0.717, 1.165) is 64.2 Å². The predicted octanol–water partition coefficient (Wildman–Crippen LogP) is 17.8. The highest BCUT2D eigenvalue weighted by atomic mass is 16.6. The van der Waals surface area contributed by atoms with Crippen molar-refractivity contribution in [2.75, 3.05) is 13.2 Å². The number of ether oxygens (including phenoxy) is 3. The van der Waals surface area contributed by atoms with Crippen LogP contribution >= 0.6 is 0 Å². The molecule has 0 saturated carbocycles. The van der Waals surface area contributed by atoms with E-state index >= 15 is 0 Å². The molecule has 0 aliphatic rings. The van der Waals surface area contributed by atoms with E-state index < -0.39 is 6.10 Å². The minimum atomic E-state index is -0.767. The predicted molar refractivity (Wildman–Crippen MR) is 261 cm³/mol. The fraction of sp³-hybridized carbons (Fsp3) is 0.909. The van der Waals surface area contributed by atoms with Crippen molar-refractivity contribution in [1.29, 1.82) is 0 Å². The SMILES string of the molecule is CCCCCC/C=C\CCCCCCCC(=O)O[C@H](COC(=O)CCCCCCCCCCCCCC)COC(=O)CCCCCCCCCCCCCCCCCCCC. The van der Waals surface area contributed by atoms with Crippen LogP contribution in [-0.4, -0.2) is 37.2 Å². The lowest BCUT2D eigenvalue weighted by atomic mass is 10.0. The van der Waals surface area contributed by atoms with Gasteiger partial charge in [0, 0.05) is 19.3 Å². The maximum absolute atomic E-state index is 12.8. The van der Waals surface area contributed by atoms with Crippen molar-refractivity contribution in [1.82, 2.24) is 0 Å². The number of allylic oxidation sites excluding steroid dienone is 2. The Kier molecular flexibility index (Phi) is 49.3. The summed E-state index contributed by atoms with van der Waals surface area (Å²) in [6.07, 6.45) is 56.2. The molecule has 0 amide bonds. The summed E-state index contributed by atoms with van der Waals surface area (Å²) in [5.41, 5.74) is 0. The van der Waals surface area contributed by atoms with E-state index in [-0.39, 0.29) is 31.1 Å². The second kappa shape index (κ2) is 50.8. The van der Waals surface area contributed by atoms with Gasteiger partial charge in [0.1, 0.15) is 13.2 Å². The molecule has 0 aromatic heterocycles. The Morgan fingerprint density at radius 3 is 0.836 bits per heavy atom. The summed E-state index contributed by atoms with van der Waals surface area (Å²) in [4.78, 5) is 38.0. The van der Waals surface area contributed by atoms with Crippen LogP contribution in [0.2, 0.25) is 0 Å². The van der Waals surface area contributed by atoms with Crippen molar-refractivity contribution in [3.8, 4) is 0 Å². The van der Waals surface area contributed by atoms with Gasteiger partial charge in [-0.15, -0.1) is 0 Å². The molecular formula is C55H104O6. The average molecular weight is 861 g/mol. The molecule has 0 rings (SSSR count). The van der Waals surface area contributed by atoms with Crippen LogP contribution in [0, 0.1) is 0 Å². The Morgan fingerprint density at radius 2 is 0.541 bits per heavy atom. The van der Waals surface area contributed by atoms with E-state index in [0.29, 0.717) is 19.3 Å². The largest absolute Gasteiger partial charge is 0.462 e. The zero-order valence-corrected chi connectivity index (χ0v) is 41.2. The molecule has 0 heterocycles. The van der Waals surface area contributed by atoms with Gasteiger partial charge in [-0.05, 0) is 44.9 Å². The van der Waals surface area contributed by atoms with Crippen molar-refractivity contribution in [3.63, 3.8) is 0 Å². The third kappa shape index (κ3) is 49.0. The van der Waals surface area contributed by atoms with E-state index in [4.69, 9.17) is 14.2 Å². The van der Waals surface area contributed by atoms with Crippen LogP contribution in [0.15, 0.2) is 12.2 Å². The van der Waals surface area contributed by atoms with Gasteiger partial charge in [0.25, 0.3) is 0 Å². The van der Waals surface area contributed by atoms with Gasteiger partial charge in [0.2, 0.25) is 0 Å². The number of hydrogen-bond donors (Lipinski definition) is 0. The van der Waals surface area contributed by atoms with Crippen LogP contribution in [0.1, 0.15) is 303 Å². The number of unbranched alkanes of at least 4 members (excludes halogenated alkanes) is 37. The Bertz CT molecular complexity index is 947. The lowest BCUT2D eigenvalue weighted by Crippen LogP contribution is -2.30. The fourth-order valence-electron chi connectivity index (χ4n) is 8.14. The molecule has 6 heteroatoms. The van der Waals surface area contributed by atoms with Gasteiger partial charge < -0.3 is 14.2 Å². The van der Waals surface area contributed by atoms with Gasteiger partial charge in [0.15, 0.2) is 6.10 Å². The van der Waals surface area contributed by atoms with Crippen molar-refractivity contribution >= 4 is 17.9 Å². The molecule has 6 nitrogen and oxygen atoms in total. The Balaban J connectivity index is 4.28. The monoisotopic (exact) mass is 861 g/mol. The number of carbonyl (C=O) groups is 3. The first-order valence-corrected chi connectivity index (χ1v) is 27.2. The molecule has 1 atom stereocenters. The molecule has 0 radical (unpaired) electrons. The van der Waals surface area contributed by atoms with Crippen molar-refractivity contribution in [3.05, 3.63) is 12.2 Å². The molecule has 0 bridgehead atoms. The Hall–Kier alpha value is -1.85. The Morgan fingerprint density at radius 1 is 0.311 bits per heavy atom. The van der Waals surface area contributed by atoms with Crippen LogP contribution in [0.4, 0.5) is 0 Å². The summed E-state index contributed by atoms with van der Waals surface area (Å²) >= 11 is 0. The first kappa shape index (κ1) is 59.1. The minimum absolute atomic E-state index is 0.0678. The molecular weight excluding hydrogens is 757 g/mol. The summed E-state index contributed by atoms with van der Waals surface area (Å²) in [5, 5.41) is 0. The lowest BCUT2D eigenvalue weighted by molar-refractivity contribution is -0.167. The molecule has 0 fully saturated rings. The van der Waals surface area contributed by atoms with Gasteiger partial charge in [-0.2, -0.15) is 0 Å². The van der Waals surface area contributed by atoms with Gasteiger partial charge in [-0.3, -0.25) is 14.4 Å². The van der Waals surface area contributed by atoms with Crippen molar-refractivity contribution in [2.24, 2.45) is 0 Å². The molecule has 0 saturated heterocycles. The molecule has 0 aromatic rings. The molecule has 0 N–H and O–H groups in total. The quantitative estimate of drug-likeness (QED) is 0.0262. The highest BCUT2D eigenvalue weighted by Crippen LogP contribution is 2.17. The smallest absolute Gasteiger partial charge is 0.306 e. The van der Waals surface area contributed by atoms with Crippen molar-refractivity contribution in [2.45, 2.75) is 309 Å². The first-order chi connectivity index (χ1) is 30.0. The van der Waals surface area contributed by atoms with E-state index in [1.807, 2.05) is 0 Å². The van der Waals surface area contributed by atoms with E-state index in [2.05, 4.69) is 32.9 Å². The maximum Gasteiger partial charge on any atom is 0.306 e. The zero-order valence-electron chi connectivity index (χ0n) is 41.2. The van der Waals surface area contributed by atoms with E-state index in [1.54, 1.807) is 0 Å². The van der Waals surface area contributed by atoms with E-state index in [1.165, 1.54) is 199 Å². The van der Waals surface area contributed by atoms with Crippen LogP contribution in [0.25, 0.3) is 0 Å². The van der Waals surface area contributed by atoms with Gasteiger partial charge >= 0.3 is 17.9 Å². The molecule has 0 aliphatic carbocycles. The maximum atomic E-state index is 12.8. The summed E-state index contributed by atoms with van der Waals surface area (Å²) in [7, 11) is 0. The second-order valence-electron chi connectivity index (χ2n) is 18.5. The number of carbonyl (C=O) groups excluding carboxylic acids is 3. The minimum Gasteiger partial charge on any atom is -0.462 e. The molecule has 0 spiro atoms. The van der Waals surface area contributed by atoms with Gasteiger partial charge in [-0.1, -0.05) is 251 Å². The van der Waals surface area contributed by atoms with Crippen LogP contribution in [-0.2, 0) is 28.6 Å². The van der Waals surface area contributed by atoms with Gasteiger partial charge in [-0.25, -0.2) is 0 Å². The average Bonchev–Trinajstić information content (AvgIpc) is 3.26. The standard InChI is InChI=1S/C55H104O6/c1-4-7-10-13-16-19-22-25-26-27-28-29-31-33-36-39-42-45-48-54(57)60-51-52(50-59-53(56)47-44-41-38-35-32-24-21-18-15-12-9-6-3)61-55(58)49-46-43-40-37-34-30-23-20-17-14-11-8-5-2/h20,23,52H,4-19,21-22,24-51H2,1-3H3/b23-20-/t52-/m1/s1. The highest BCUT2D eigenvalue weighted by Gasteiger charge is 2.19. The molecule has 0 aliphatic heterocycles. The molecule has 61 heavy (non-hydrogen) atoms. The van der Waals surface area contributed by atoms with Crippen LogP contribution < -0.4 is 0 Å². The summed E-state index contributed by atoms with van der Waals surface area (Å²) in [6, 6.07) is 0. The van der Waals surface area contributed by atoms with Crippen molar-refractivity contribution < 1.29 is 28.6 Å². The van der Waals surface area contributed by atoms with Crippen LogP contribution in [0.5, 0.6) is 0 Å². The molecule has 360 valence electrons. The Labute approximate surface area is 380 Å². The topological polar surface area (TPSA) is 78.9 Å². The third-order valence-corrected chi connectivity index (χ3v) is 12.3. The summed E-state index contributed by atoms with van der Waals surface area (Å²) in [6.45, 7) is 6.66. The zero-order chi connectivity index (χ0) is 44.4. The second-order valence-corrected chi connectivity index (χ2v) is 18.5. The van der Waals surface area contributed by atoms with E-state index in [9.17, 15) is 14.4 Å². The molecule has 0 aromatic carbocycles. The normalized spacial score (nSPS) is 12.0.